The second-order valence-electron chi connectivity index (χ2n) is 3.96. The van der Waals surface area contributed by atoms with Gasteiger partial charge in [-0.05, 0) is 18.9 Å². The molecule has 2 nitrogen and oxygen atoms in total. The zero-order chi connectivity index (χ0) is 12.6. The standard InChI is InChI=1S/C15H14N2/c1-15(12-16,13-17)11-7-3-6-10-14-8-4-2-5-9-14/h2-10H,11H2,1H3/b7-3+,10-6+. The molecule has 0 aliphatic carbocycles. The maximum Gasteiger partial charge on any atom is 0.144 e. The molecular formula is C15H14N2. The molecule has 0 heterocycles. The van der Waals surface area contributed by atoms with Crippen molar-refractivity contribution in [1.82, 2.24) is 0 Å². The smallest absolute Gasteiger partial charge is 0.144 e. The summed E-state index contributed by atoms with van der Waals surface area (Å²) in [6.45, 7) is 1.64. The number of rotatable bonds is 4. The van der Waals surface area contributed by atoms with Crippen molar-refractivity contribution in [3.63, 3.8) is 0 Å². The molecule has 0 unspecified atom stereocenters. The third-order valence-corrected chi connectivity index (χ3v) is 2.36. The van der Waals surface area contributed by atoms with E-state index in [-0.39, 0.29) is 0 Å². The van der Waals surface area contributed by atoms with Crippen LogP contribution in [0.25, 0.3) is 6.08 Å². The average Bonchev–Trinajstić information content (AvgIpc) is 2.39. The molecule has 17 heavy (non-hydrogen) atoms. The van der Waals surface area contributed by atoms with Gasteiger partial charge in [0.1, 0.15) is 5.41 Å². The van der Waals surface area contributed by atoms with Gasteiger partial charge in [-0.25, -0.2) is 0 Å². The molecule has 0 bridgehead atoms. The molecule has 1 aromatic carbocycles. The SMILES string of the molecule is CC(C#N)(C#N)C/C=C/C=C/c1ccccc1. The van der Waals surface area contributed by atoms with Gasteiger partial charge in [0.15, 0.2) is 0 Å². The van der Waals surface area contributed by atoms with Crippen LogP contribution in [0.2, 0.25) is 0 Å². The second-order valence-corrected chi connectivity index (χ2v) is 3.96. The summed E-state index contributed by atoms with van der Waals surface area (Å²) >= 11 is 0. The minimum absolute atomic E-state index is 0.444. The monoisotopic (exact) mass is 222 g/mol. The number of hydrogen-bond acceptors (Lipinski definition) is 2. The van der Waals surface area contributed by atoms with E-state index in [1.165, 1.54) is 0 Å². The number of nitriles is 2. The summed E-state index contributed by atoms with van der Waals surface area (Å²) in [5, 5.41) is 17.6. The Hall–Kier alpha value is -2.32. The highest BCUT2D eigenvalue weighted by molar-refractivity contribution is 5.50. The fourth-order valence-corrected chi connectivity index (χ4v) is 1.23. The van der Waals surface area contributed by atoms with Gasteiger partial charge in [-0.3, -0.25) is 0 Å². The normalized spacial score (nSPS) is 11.5. The summed E-state index contributed by atoms with van der Waals surface area (Å²) in [6, 6.07) is 14.0. The van der Waals surface area contributed by atoms with Crippen molar-refractivity contribution in [3.8, 4) is 12.1 Å². The molecular weight excluding hydrogens is 208 g/mol. The molecule has 2 heteroatoms. The highest BCUT2D eigenvalue weighted by Crippen LogP contribution is 2.18. The Balaban J connectivity index is 2.51. The summed E-state index contributed by atoms with van der Waals surface area (Å²) in [7, 11) is 0. The molecule has 1 rings (SSSR count). The molecule has 0 radical (unpaired) electrons. The Labute approximate surface area is 102 Å². The van der Waals surface area contributed by atoms with Crippen LogP contribution in [-0.4, -0.2) is 0 Å². The Bertz CT molecular complexity index is 470. The van der Waals surface area contributed by atoms with Crippen LogP contribution in [0.4, 0.5) is 0 Å². The third-order valence-electron chi connectivity index (χ3n) is 2.36. The predicted molar refractivity (Wildman–Crippen MR) is 68.6 cm³/mol. The zero-order valence-corrected chi connectivity index (χ0v) is 9.80. The Kier molecular flexibility index (Phi) is 4.73. The van der Waals surface area contributed by atoms with Crippen molar-refractivity contribution in [2.45, 2.75) is 13.3 Å². The minimum Gasteiger partial charge on any atom is -0.197 e. The summed E-state index contributed by atoms with van der Waals surface area (Å²) in [4.78, 5) is 0. The van der Waals surface area contributed by atoms with Crippen LogP contribution >= 0.6 is 0 Å². The molecule has 0 atom stereocenters. The van der Waals surface area contributed by atoms with E-state index in [4.69, 9.17) is 10.5 Å². The van der Waals surface area contributed by atoms with E-state index < -0.39 is 5.41 Å². The van der Waals surface area contributed by atoms with Crippen molar-refractivity contribution < 1.29 is 0 Å². The fraction of sp³-hybridized carbons (Fsp3) is 0.200. The van der Waals surface area contributed by atoms with Gasteiger partial charge in [-0.15, -0.1) is 0 Å². The maximum absolute atomic E-state index is 8.80. The summed E-state index contributed by atoms with van der Waals surface area (Å²) in [5.41, 5.74) is 0.206. The first kappa shape index (κ1) is 12.7. The molecule has 0 amide bonds. The molecule has 84 valence electrons. The molecule has 0 N–H and O–H groups in total. The first-order chi connectivity index (χ1) is 8.20. The van der Waals surface area contributed by atoms with Crippen molar-refractivity contribution in [1.29, 1.82) is 10.5 Å². The van der Waals surface area contributed by atoms with Gasteiger partial charge in [0, 0.05) is 0 Å². The van der Waals surface area contributed by atoms with Crippen LogP contribution in [0.3, 0.4) is 0 Å². The topological polar surface area (TPSA) is 47.6 Å². The summed E-state index contributed by atoms with van der Waals surface area (Å²) < 4.78 is 0. The van der Waals surface area contributed by atoms with E-state index in [1.54, 1.807) is 6.92 Å². The predicted octanol–water partition coefficient (Wildman–Crippen LogP) is 3.70. The van der Waals surface area contributed by atoms with E-state index in [0.717, 1.165) is 5.56 Å². The second kappa shape index (κ2) is 6.30. The van der Waals surface area contributed by atoms with Gasteiger partial charge in [0.05, 0.1) is 12.1 Å². The van der Waals surface area contributed by atoms with Gasteiger partial charge < -0.3 is 0 Å². The van der Waals surface area contributed by atoms with Crippen molar-refractivity contribution >= 4 is 6.08 Å². The molecule has 0 aromatic heterocycles. The summed E-state index contributed by atoms with van der Waals surface area (Å²) in [5.74, 6) is 0. The van der Waals surface area contributed by atoms with Crippen LogP contribution < -0.4 is 0 Å². The zero-order valence-electron chi connectivity index (χ0n) is 9.80. The lowest BCUT2D eigenvalue weighted by atomic mass is 9.90. The Morgan fingerprint density at radius 3 is 2.35 bits per heavy atom. The van der Waals surface area contributed by atoms with Crippen LogP contribution in [0.15, 0.2) is 48.6 Å². The van der Waals surface area contributed by atoms with Gasteiger partial charge in [-0.1, -0.05) is 54.6 Å². The molecule has 1 aromatic rings. The molecule has 0 aliphatic rings. The van der Waals surface area contributed by atoms with Gasteiger partial charge >= 0.3 is 0 Å². The third kappa shape index (κ3) is 4.36. The molecule has 0 saturated heterocycles. The van der Waals surface area contributed by atoms with Gasteiger partial charge in [-0.2, -0.15) is 10.5 Å². The van der Waals surface area contributed by atoms with Gasteiger partial charge in [0.25, 0.3) is 0 Å². The van der Waals surface area contributed by atoms with Crippen molar-refractivity contribution in [3.05, 3.63) is 54.1 Å². The fourth-order valence-electron chi connectivity index (χ4n) is 1.23. The maximum atomic E-state index is 8.80. The number of nitrogens with zero attached hydrogens (tertiary/aromatic N) is 2. The van der Waals surface area contributed by atoms with E-state index >= 15 is 0 Å². The first-order valence-electron chi connectivity index (χ1n) is 5.41. The van der Waals surface area contributed by atoms with Crippen molar-refractivity contribution in [2.24, 2.45) is 5.41 Å². The lowest BCUT2D eigenvalue weighted by molar-refractivity contribution is 0.595. The van der Waals surface area contributed by atoms with E-state index in [9.17, 15) is 0 Å². The molecule has 0 aliphatic heterocycles. The molecule has 0 spiro atoms. The first-order valence-corrected chi connectivity index (χ1v) is 5.41. The number of hydrogen-bond donors (Lipinski definition) is 0. The van der Waals surface area contributed by atoms with E-state index in [0.29, 0.717) is 6.42 Å². The number of allylic oxidation sites excluding steroid dienone is 3. The van der Waals surface area contributed by atoms with Gasteiger partial charge in [0.2, 0.25) is 0 Å². The van der Waals surface area contributed by atoms with Crippen LogP contribution in [0.1, 0.15) is 18.9 Å². The summed E-state index contributed by atoms with van der Waals surface area (Å²) in [6.07, 6.45) is 8.03. The van der Waals surface area contributed by atoms with E-state index in [2.05, 4.69) is 0 Å². The molecule has 0 saturated carbocycles. The van der Waals surface area contributed by atoms with Crippen LogP contribution in [0.5, 0.6) is 0 Å². The largest absolute Gasteiger partial charge is 0.197 e. The van der Waals surface area contributed by atoms with E-state index in [1.807, 2.05) is 66.8 Å². The lowest BCUT2D eigenvalue weighted by Crippen LogP contribution is -2.08. The average molecular weight is 222 g/mol. The van der Waals surface area contributed by atoms with Crippen LogP contribution in [0, 0.1) is 28.1 Å². The molecule has 0 fully saturated rings. The highest BCUT2D eigenvalue weighted by atomic mass is 14.4. The van der Waals surface area contributed by atoms with Crippen molar-refractivity contribution in [2.75, 3.05) is 0 Å². The quantitative estimate of drug-likeness (QED) is 0.729. The minimum atomic E-state index is -0.920. The number of benzene rings is 1. The Morgan fingerprint density at radius 1 is 1.12 bits per heavy atom. The Morgan fingerprint density at radius 2 is 1.76 bits per heavy atom. The van der Waals surface area contributed by atoms with Crippen LogP contribution in [-0.2, 0) is 0 Å². The highest BCUT2D eigenvalue weighted by Gasteiger charge is 2.20. The lowest BCUT2D eigenvalue weighted by Gasteiger charge is -2.06.